The standard InChI is InChI=1S/C21H19BrF3N3O2/c1-3-12(2)17(20-27-18(28-30-20)13-6-10-16(22)11-7-13)26-19(29)14-4-8-15(9-5-14)21(23,24)25/h4-12,17H,3H2,1-2H3,(H,26,29). The zero-order valence-electron chi connectivity index (χ0n) is 16.2. The number of nitrogens with zero attached hydrogens (tertiary/aromatic N) is 2. The molecule has 2 atom stereocenters. The summed E-state index contributed by atoms with van der Waals surface area (Å²) < 4.78 is 44.5. The van der Waals surface area contributed by atoms with E-state index in [1.165, 1.54) is 0 Å². The van der Waals surface area contributed by atoms with Crippen LogP contribution in [0.5, 0.6) is 0 Å². The molecule has 0 fully saturated rings. The van der Waals surface area contributed by atoms with Gasteiger partial charge in [-0.1, -0.05) is 41.4 Å². The maximum Gasteiger partial charge on any atom is 0.416 e. The van der Waals surface area contributed by atoms with Crippen LogP contribution in [0.1, 0.15) is 48.1 Å². The Balaban J connectivity index is 1.81. The van der Waals surface area contributed by atoms with E-state index in [1.807, 2.05) is 38.1 Å². The maximum atomic E-state index is 12.7. The van der Waals surface area contributed by atoms with Crippen LogP contribution in [0.3, 0.4) is 0 Å². The van der Waals surface area contributed by atoms with Gasteiger partial charge in [-0.15, -0.1) is 0 Å². The summed E-state index contributed by atoms with van der Waals surface area (Å²) in [6.45, 7) is 3.87. The number of alkyl halides is 3. The molecule has 2 unspecified atom stereocenters. The van der Waals surface area contributed by atoms with E-state index in [0.717, 1.165) is 34.3 Å². The van der Waals surface area contributed by atoms with Crippen molar-refractivity contribution in [2.75, 3.05) is 0 Å². The van der Waals surface area contributed by atoms with Crippen LogP contribution in [0.2, 0.25) is 0 Å². The van der Waals surface area contributed by atoms with Crippen molar-refractivity contribution in [3.63, 3.8) is 0 Å². The second-order valence-electron chi connectivity index (χ2n) is 6.87. The Labute approximate surface area is 179 Å². The molecular weight excluding hydrogens is 463 g/mol. The topological polar surface area (TPSA) is 68.0 Å². The molecule has 0 radical (unpaired) electrons. The van der Waals surface area contributed by atoms with E-state index in [9.17, 15) is 18.0 Å². The molecule has 1 N–H and O–H groups in total. The SMILES string of the molecule is CCC(C)C(NC(=O)c1ccc(C(F)(F)F)cc1)c1nc(-c2ccc(Br)cc2)no1. The highest BCUT2D eigenvalue weighted by Crippen LogP contribution is 2.30. The van der Waals surface area contributed by atoms with Crippen molar-refractivity contribution < 1.29 is 22.5 Å². The molecule has 158 valence electrons. The Bertz CT molecular complexity index is 1000. The number of benzene rings is 2. The second-order valence-corrected chi connectivity index (χ2v) is 7.79. The highest BCUT2D eigenvalue weighted by atomic mass is 79.9. The third-order valence-electron chi connectivity index (χ3n) is 4.78. The van der Waals surface area contributed by atoms with Gasteiger partial charge in [0.1, 0.15) is 6.04 Å². The van der Waals surface area contributed by atoms with Gasteiger partial charge in [0.2, 0.25) is 11.7 Å². The van der Waals surface area contributed by atoms with E-state index in [2.05, 4.69) is 31.4 Å². The molecule has 1 aromatic heterocycles. The van der Waals surface area contributed by atoms with Crippen LogP contribution in [0.25, 0.3) is 11.4 Å². The lowest BCUT2D eigenvalue weighted by Crippen LogP contribution is -2.32. The molecule has 5 nitrogen and oxygen atoms in total. The summed E-state index contributed by atoms with van der Waals surface area (Å²) in [5.41, 5.74) is 0.0580. The molecule has 0 saturated heterocycles. The maximum absolute atomic E-state index is 12.7. The number of hydrogen-bond acceptors (Lipinski definition) is 4. The number of carbonyl (C=O) groups is 1. The van der Waals surface area contributed by atoms with Crippen LogP contribution in [0.4, 0.5) is 13.2 Å². The number of halogens is 4. The Morgan fingerprint density at radius 3 is 2.33 bits per heavy atom. The first kappa shape index (κ1) is 22.0. The summed E-state index contributed by atoms with van der Waals surface area (Å²) in [5, 5.41) is 6.80. The van der Waals surface area contributed by atoms with Gasteiger partial charge in [-0.05, 0) is 54.4 Å². The highest BCUT2D eigenvalue weighted by Gasteiger charge is 2.31. The molecule has 1 amide bonds. The molecule has 1 heterocycles. The van der Waals surface area contributed by atoms with Gasteiger partial charge in [0.25, 0.3) is 5.91 Å². The van der Waals surface area contributed by atoms with Gasteiger partial charge in [-0.25, -0.2) is 0 Å². The molecular formula is C21H19BrF3N3O2. The third-order valence-corrected chi connectivity index (χ3v) is 5.31. The molecule has 2 aromatic carbocycles. The van der Waals surface area contributed by atoms with Crippen molar-refractivity contribution in [3.8, 4) is 11.4 Å². The summed E-state index contributed by atoms with van der Waals surface area (Å²) in [6.07, 6.45) is -3.74. The van der Waals surface area contributed by atoms with Crippen molar-refractivity contribution in [3.05, 3.63) is 70.0 Å². The molecule has 0 aliphatic rings. The second kappa shape index (κ2) is 8.99. The van der Waals surface area contributed by atoms with Gasteiger partial charge in [-0.3, -0.25) is 4.79 Å². The van der Waals surface area contributed by atoms with E-state index >= 15 is 0 Å². The molecule has 30 heavy (non-hydrogen) atoms. The fourth-order valence-corrected chi connectivity index (χ4v) is 3.06. The van der Waals surface area contributed by atoms with E-state index in [4.69, 9.17) is 4.52 Å². The predicted octanol–water partition coefficient (Wildman–Crippen LogP) is 6.04. The monoisotopic (exact) mass is 481 g/mol. The zero-order valence-corrected chi connectivity index (χ0v) is 17.8. The minimum absolute atomic E-state index is 0.0402. The number of aromatic nitrogens is 2. The summed E-state index contributed by atoms with van der Waals surface area (Å²) >= 11 is 3.37. The van der Waals surface area contributed by atoms with Crippen LogP contribution in [-0.2, 0) is 6.18 Å². The van der Waals surface area contributed by atoms with Gasteiger partial charge >= 0.3 is 6.18 Å². The molecule has 3 rings (SSSR count). The molecule has 3 aromatic rings. The third kappa shape index (κ3) is 5.08. The highest BCUT2D eigenvalue weighted by molar-refractivity contribution is 9.10. The quantitative estimate of drug-likeness (QED) is 0.466. The van der Waals surface area contributed by atoms with E-state index in [0.29, 0.717) is 12.2 Å². The van der Waals surface area contributed by atoms with Crippen molar-refractivity contribution >= 4 is 21.8 Å². The summed E-state index contributed by atoms with van der Waals surface area (Å²) in [4.78, 5) is 17.1. The lowest BCUT2D eigenvalue weighted by Gasteiger charge is -2.21. The van der Waals surface area contributed by atoms with E-state index < -0.39 is 23.7 Å². The number of amides is 1. The van der Waals surface area contributed by atoms with Gasteiger partial charge in [-0.2, -0.15) is 18.2 Å². The van der Waals surface area contributed by atoms with E-state index in [1.54, 1.807) is 0 Å². The first-order chi connectivity index (χ1) is 14.2. The lowest BCUT2D eigenvalue weighted by molar-refractivity contribution is -0.137. The number of rotatable bonds is 6. The van der Waals surface area contributed by atoms with E-state index in [-0.39, 0.29) is 17.4 Å². The first-order valence-electron chi connectivity index (χ1n) is 9.26. The van der Waals surface area contributed by atoms with Crippen molar-refractivity contribution in [2.45, 2.75) is 32.5 Å². The fourth-order valence-electron chi connectivity index (χ4n) is 2.80. The normalized spacial score (nSPS) is 13.7. The Hall–Kier alpha value is -2.68. The average Bonchev–Trinajstić information content (AvgIpc) is 3.21. The molecule has 9 heteroatoms. The van der Waals surface area contributed by atoms with Gasteiger partial charge in [0, 0.05) is 15.6 Å². The minimum Gasteiger partial charge on any atom is -0.340 e. The Kier molecular flexibility index (Phi) is 6.60. The molecule has 0 aliphatic heterocycles. The zero-order chi connectivity index (χ0) is 21.9. The number of hydrogen-bond donors (Lipinski definition) is 1. The molecule has 0 saturated carbocycles. The Morgan fingerprint density at radius 1 is 1.13 bits per heavy atom. The number of nitrogens with one attached hydrogen (secondary N) is 1. The van der Waals surface area contributed by atoms with Crippen molar-refractivity contribution in [2.24, 2.45) is 5.92 Å². The van der Waals surface area contributed by atoms with Crippen LogP contribution < -0.4 is 5.32 Å². The van der Waals surface area contributed by atoms with Crippen LogP contribution in [-0.4, -0.2) is 16.0 Å². The van der Waals surface area contributed by atoms with Crippen molar-refractivity contribution in [1.29, 1.82) is 0 Å². The van der Waals surface area contributed by atoms with Crippen molar-refractivity contribution in [1.82, 2.24) is 15.5 Å². The lowest BCUT2D eigenvalue weighted by atomic mass is 9.98. The van der Waals surface area contributed by atoms with Crippen LogP contribution >= 0.6 is 15.9 Å². The van der Waals surface area contributed by atoms with Gasteiger partial charge in [0.15, 0.2) is 0 Å². The average molecular weight is 482 g/mol. The molecule has 0 aliphatic carbocycles. The summed E-state index contributed by atoms with van der Waals surface area (Å²) in [5.74, 6) is 0.0659. The fraction of sp³-hybridized carbons (Fsp3) is 0.286. The molecule has 0 bridgehead atoms. The number of carbonyl (C=O) groups excluding carboxylic acids is 1. The largest absolute Gasteiger partial charge is 0.416 e. The summed E-state index contributed by atoms with van der Waals surface area (Å²) in [6, 6.07) is 10.8. The van der Waals surface area contributed by atoms with Crippen LogP contribution in [0, 0.1) is 5.92 Å². The van der Waals surface area contributed by atoms with Gasteiger partial charge in [0.05, 0.1) is 5.56 Å². The smallest absolute Gasteiger partial charge is 0.340 e. The summed E-state index contributed by atoms with van der Waals surface area (Å²) in [7, 11) is 0. The first-order valence-corrected chi connectivity index (χ1v) is 10.1. The predicted molar refractivity (Wildman–Crippen MR) is 109 cm³/mol. The van der Waals surface area contributed by atoms with Gasteiger partial charge < -0.3 is 9.84 Å². The van der Waals surface area contributed by atoms with Crippen LogP contribution in [0.15, 0.2) is 57.5 Å². The molecule has 0 spiro atoms. The Morgan fingerprint density at radius 2 is 1.77 bits per heavy atom. The minimum atomic E-state index is -4.46.